The summed E-state index contributed by atoms with van der Waals surface area (Å²) in [5.41, 5.74) is 0. The second-order valence-electron chi connectivity index (χ2n) is 5.29. The molecule has 1 N–H and O–H groups in total. The SMILES string of the molecule is O=C(NC1CC1)c1nc(CCS(=O)(=O)c2ccc(Cl)cc2)no1. The van der Waals surface area contributed by atoms with E-state index in [4.69, 9.17) is 16.1 Å². The molecule has 0 unspecified atom stereocenters. The molecule has 1 aromatic carbocycles. The van der Waals surface area contributed by atoms with Gasteiger partial charge in [-0.3, -0.25) is 4.79 Å². The fourth-order valence-corrected chi connectivity index (χ4v) is 3.27. The summed E-state index contributed by atoms with van der Waals surface area (Å²) in [6.45, 7) is 0. The van der Waals surface area contributed by atoms with Crippen molar-refractivity contribution in [3.63, 3.8) is 0 Å². The highest BCUT2D eigenvalue weighted by Gasteiger charge is 2.26. The number of aromatic nitrogens is 2. The highest BCUT2D eigenvalue weighted by molar-refractivity contribution is 7.91. The first-order valence-corrected chi connectivity index (χ1v) is 9.09. The summed E-state index contributed by atoms with van der Waals surface area (Å²) in [7, 11) is -3.48. The van der Waals surface area contributed by atoms with E-state index < -0.39 is 15.7 Å². The average Bonchev–Trinajstić information content (AvgIpc) is 3.19. The summed E-state index contributed by atoms with van der Waals surface area (Å²) >= 11 is 5.74. The van der Waals surface area contributed by atoms with Gasteiger partial charge in [0.05, 0.1) is 10.6 Å². The van der Waals surface area contributed by atoms with Gasteiger partial charge in [-0.05, 0) is 37.1 Å². The van der Waals surface area contributed by atoms with E-state index in [1.807, 2.05) is 0 Å². The molecule has 1 saturated carbocycles. The van der Waals surface area contributed by atoms with Crippen molar-refractivity contribution in [3.05, 3.63) is 41.0 Å². The molecule has 1 fully saturated rings. The van der Waals surface area contributed by atoms with Crippen LogP contribution in [0.5, 0.6) is 0 Å². The molecule has 7 nitrogen and oxygen atoms in total. The number of carbonyl (C=O) groups is 1. The zero-order chi connectivity index (χ0) is 16.4. The van der Waals surface area contributed by atoms with Crippen LogP contribution in [0.4, 0.5) is 0 Å². The molecule has 23 heavy (non-hydrogen) atoms. The van der Waals surface area contributed by atoms with Crippen LogP contribution in [0.3, 0.4) is 0 Å². The number of amides is 1. The van der Waals surface area contributed by atoms with E-state index in [0.29, 0.717) is 5.02 Å². The first kappa shape index (κ1) is 15.9. The van der Waals surface area contributed by atoms with Crippen LogP contribution in [0.2, 0.25) is 5.02 Å². The van der Waals surface area contributed by atoms with Crippen molar-refractivity contribution in [1.82, 2.24) is 15.5 Å². The molecule has 1 aromatic heterocycles. The van der Waals surface area contributed by atoms with Crippen molar-refractivity contribution < 1.29 is 17.7 Å². The van der Waals surface area contributed by atoms with E-state index in [9.17, 15) is 13.2 Å². The lowest BCUT2D eigenvalue weighted by Crippen LogP contribution is -2.25. The smallest absolute Gasteiger partial charge is 0.315 e. The summed E-state index contributed by atoms with van der Waals surface area (Å²) in [6, 6.07) is 6.11. The van der Waals surface area contributed by atoms with Gasteiger partial charge in [-0.15, -0.1) is 0 Å². The van der Waals surface area contributed by atoms with Gasteiger partial charge < -0.3 is 9.84 Å². The van der Waals surface area contributed by atoms with Gasteiger partial charge in [-0.2, -0.15) is 4.98 Å². The van der Waals surface area contributed by atoms with Crippen LogP contribution in [0.15, 0.2) is 33.7 Å². The third-order valence-electron chi connectivity index (χ3n) is 3.34. The summed E-state index contributed by atoms with van der Waals surface area (Å²) < 4.78 is 29.3. The molecule has 9 heteroatoms. The Morgan fingerprint density at radius 2 is 2.00 bits per heavy atom. The van der Waals surface area contributed by atoms with Crippen molar-refractivity contribution >= 4 is 27.3 Å². The van der Waals surface area contributed by atoms with Gasteiger partial charge in [0, 0.05) is 17.5 Å². The number of hydrogen-bond donors (Lipinski definition) is 1. The number of nitrogens with zero attached hydrogens (tertiary/aromatic N) is 2. The van der Waals surface area contributed by atoms with Gasteiger partial charge in [0.1, 0.15) is 0 Å². The Bertz CT molecular complexity index is 813. The van der Waals surface area contributed by atoms with Gasteiger partial charge in [0.2, 0.25) is 0 Å². The number of hydrogen-bond acceptors (Lipinski definition) is 6. The maximum absolute atomic E-state index is 12.2. The van der Waals surface area contributed by atoms with E-state index in [1.54, 1.807) is 0 Å². The lowest BCUT2D eigenvalue weighted by atomic mass is 10.4. The molecule has 3 rings (SSSR count). The van der Waals surface area contributed by atoms with E-state index >= 15 is 0 Å². The predicted molar refractivity (Wildman–Crippen MR) is 82.0 cm³/mol. The fourth-order valence-electron chi connectivity index (χ4n) is 1.91. The van der Waals surface area contributed by atoms with E-state index in [2.05, 4.69) is 15.5 Å². The van der Waals surface area contributed by atoms with Crippen LogP contribution < -0.4 is 5.32 Å². The Kier molecular flexibility index (Phi) is 4.36. The van der Waals surface area contributed by atoms with Crippen LogP contribution in [-0.2, 0) is 16.3 Å². The third kappa shape index (κ3) is 4.08. The Morgan fingerprint density at radius 3 is 2.65 bits per heavy atom. The molecule has 1 amide bonds. The van der Waals surface area contributed by atoms with Crippen LogP contribution >= 0.6 is 11.6 Å². The molecular formula is C14H14ClN3O4S. The molecule has 0 aliphatic heterocycles. The first-order chi connectivity index (χ1) is 10.9. The fraction of sp³-hybridized carbons (Fsp3) is 0.357. The van der Waals surface area contributed by atoms with Crippen LogP contribution in [0, 0.1) is 0 Å². The molecule has 0 atom stereocenters. The largest absolute Gasteiger partial charge is 0.345 e. The molecule has 1 aliphatic rings. The first-order valence-electron chi connectivity index (χ1n) is 7.06. The van der Waals surface area contributed by atoms with E-state index in [-0.39, 0.29) is 34.8 Å². The van der Waals surface area contributed by atoms with E-state index in [1.165, 1.54) is 24.3 Å². The highest BCUT2D eigenvalue weighted by atomic mass is 35.5. The predicted octanol–water partition coefficient (Wildman–Crippen LogP) is 1.63. The zero-order valence-corrected chi connectivity index (χ0v) is 13.6. The number of benzene rings is 1. The van der Waals surface area contributed by atoms with E-state index in [0.717, 1.165) is 12.8 Å². The van der Waals surface area contributed by atoms with Crippen LogP contribution in [-0.4, -0.2) is 36.3 Å². The van der Waals surface area contributed by atoms with Gasteiger partial charge in [-0.25, -0.2) is 8.42 Å². The summed E-state index contributed by atoms with van der Waals surface area (Å²) in [6.07, 6.45) is 1.96. The number of sulfone groups is 1. The molecule has 0 saturated heterocycles. The molecular weight excluding hydrogens is 342 g/mol. The minimum atomic E-state index is -3.48. The lowest BCUT2D eigenvalue weighted by molar-refractivity contribution is 0.0907. The lowest BCUT2D eigenvalue weighted by Gasteiger charge is -2.02. The number of rotatable bonds is 6. The monoisotopic (exact) mass is 355 g/mol. The summed E-state index contributed by atoms with van der Waals surface area (Å²) in [5, 5.41) is 6.83. The van der Waals surface area contributed by atoms with Gasteiger partial charge >= 0.3 is 11.8 Å². The maximum atomic E-state index is 12.2. The average molecular weight is 356 g/mol. The van der Waals surface area contributed by atoms with Crippen molar-refractivity contribution in [3.8, 4) is 0 Å². The Balaban J connectivity index is 1.62. The number of halogens is 1. The molecule has 122 valence electrons. The normalized spacial score (nSPS) is 14.7. The minimum Gasteiger partial charge on any atom is -0.345 e. The van der Waals surface area contributed by atoms with Gasteiger partial charge in [0.15, 0.2) is 15.7 Å². The summed E-state index contributed by atoms with van der Waals surface area (Å²) in [4.78, 5) is 15.8. The Hall–Kier alpha value is -1.93. The summed E-state index contributed by atoms with van der Waals surface area (Å²) in [5.74, 6) is -0.566. The molecule has 1 aliphatic carbocycles. The van der Waals surface area contributed by atoms with Crippen molar-refractivity contribution in [2.75, 3.05) is 5.75 Å². The number of nitrogens with one attached hydrogen (secondary N) is 1. The van der Waals surface area contributed by atoms with Crippen LogP contribution in [0.1, 0.15) is 29.4 Å². The second-order valence-corrected chi connectivity index (χ2v) is 7.83. The third-order valence-corrected chi connectivity index (χ3v) is 5.33. The highest BCUT2D eigenvalue weighted by Crippen LogP contribution is 2.19. The molecule has 0 bridgehead atoms. The van der Waals surface area contributed by atoms with Crippen molar-refractivity contribution in [2.45, 2.75) is 30.2 Å². The Morgan fingerprint density at radius 1 is 1.30 bits per heavy atom. The standard InChI is InChI=1S/C14H14ClN3O4S/c15-9-1-5-11(6-2-9)23(20,21)8-7-12-17-14(22-18-12)13(19)16-10-3-4-10/h1-2,5-6,10H,3-4,7-8H2,(H,16,19). The van der Waals surface area contributed by atoms with Crippen LogP contribution in [0.25, 0.3) is 0 Å². The molecule has 0 radical (unpaired) electrons. The second kappa shape index (κ2) is 6.29. The van der Waals surface area contributed by atoms with Gasteiger partial charge in [0.25, 0.3) is 0 Å². The van der Waals surface area contributed by atoms with Crippen molar-refractivity contribution in [2.24, 2.45) is 0 Å². The van der Waals surface area contributed by atoms with Gasteiger partial charge in [-0.1, -0.05) is 16.8 Å². The number of carbonyl (C=O) groups excluding carboxylic acids is 1. The maximum Gasteiger partial charge on any atom is 0.315 e. The zero-order valence-electron chi connectivity index (χ0n) is 12.0. The molecule has 1 heterocycles. The Labute approximate surface area is 137 Å². The molecule has 2 aromatic rings. The number of aryl methyl sites for hydroxylation is 1. The quantitative estimate of drug-likeness (QED) is 0.844. The molecule has 0 spiro atoms. The van der Waals surface area contributed by atoms with Crippen molar-refractivity contribution in [1.29, 1.82) is 0 Å². The topological polar surface area (TPSA) is 102 Å². The minimum absolute atomic E-state index is 0.0607.